The summed E-state index contributed by atoms with van der Waals surface area (Å²) >= 11 is 7.56. The van der Waals surface area contributed by atoms with Crippen molar-refractivity contribution in [3.8, 4) is 11.3 Å². The Morgan fingerprint density at radius 2 is 1.53 bits per heavy atom. The number of allylic oxidation sites excluding steroid dienone is 2. The number of carbonyl (C=O) groups excluding carboxylic acids is 2. The fourth-order valence-corrected chi connectivity index (χ4v) is 5.34. The lowest BCUT2D eigenvalue weighted by Crippen LogP contribution is -2.32. The molecule has 0 saturated carbocycles. The largest absolute Gasteiger partial charge is 0.466 e. The average Bonchev–Trinajstić information content (AvgIpc) is 3.23. The molecular weight excluding hydrogens is 498 g/mol. The number of para-hydroxylation sites is 1. The summed E-state index contributed by atoms with van der Waals surface area (Å²) in [5, 5.41) is 7.88. The van der Waals surface area contributed by atoms with Crippen molar-refractivity contribution in [2.75, 3.05) is 19.5 Å². The molecule has 1 aliphatic rings. The minimum absolute atomic E-state index is 0.343. The van der Waals surface area contributed by atoms with Crippen molar-refractivity contribution < 1.29 is 19.1 Å². The Labute approximate surface area is 218 Å². The number of nitrogens with one attached hydrogen (secondary N) is 2. The second-order valence-corrected chi connectivity index (χ2v) is 9.90. The van der Waals surface area contributed by atoms with Crippen LogP contribution < -0.4 is 10.6 Å². The van der Waals surface area contributed by atoms with E-state index in [1.165, 1.54) is 25.6 Å². The Balaban J connectivity index is 1.80. The molecule has 0 radical (unpaired) electrons. The van der Waals surface area contributed by atoms with Gasteiger partial charge in [-0.3, -0.25) is 0 Å². The van der Waals surface area contributed by atoms with E-state index in [4.69, 9.17) is 26.1 Å². The van der Waals surface area contributed by atoms with Crippen LogP contribution in [0.25, 0.3) is 11.3 Å². The number of aromatic nitrogens is 1. The van der Waals surface area contributed by atoms with Crippen molar-refractivity contribution >= 4 is 45.7 Å². The summed E-state index contributed by atoms with van der Waals surface area (Å²) in [6.07, 6.45) is 0. The monoisotopic (exact) mass is 523 g/mol. The lowest BCUT2D eigenvalue weighted by molar-refractivity contribution is -0.137. The normalized spacial score (nSPS) is 13.9. The van der Waals surface area contributed by atoms with E-state index in [0.717, 1.165) is 21.7 Å². The predicted molar refractivity (Wildman–Crippen MR) is 142 cm³/mol. The number of benzene rings is 2. The number of halogens is 1. The summed E-state index contributed by atoms with van der Waals surface area (Å²) in [6, 6.07) is 15.1. The van der Waals surface area contributed by atoms with Gasteiger partial charge in [-0.25, -0.2) is 14.6 Å². The number of ether oxygens (including phenoxy) is 2. The SMILES string of the molecule is COC(=O)C1=C(C)NC(C)=C(C(=O)OC)C1c1ccccc1Nc1nc(-c2ccc(Cl)cc2)c(C)s1. The minimum atomic E-state index is -0.702. The zero-order valence-electron chi connectivity index (χ0n) is 20.6. The van der Waals surface area contributed by atoms with Gasteiger partial charge in [0.15, 0.2) is 5.13 Å². The Bertz CT molecular complexity index is 1350. The molecule has 0 amide bonds. The Kier molecular flexibility index (Phi) is 7.47. The maximum absolute atomic E-state index is 12.9. The Morgan fingerprint density at radius 3 is 2.11 bits per heavy atom. The highest BCUT2D eigenvalue weighted by Crippen LogP contribution is 2.43. The third-order valence-electron chi connectivity index (χ3n) is 6.00. The lowest BCUT2D eigenvalue weighted by atomic mass is 9.79. The van der Waals surface area contributed by atoms with Gasteiger partial charge in [-0.1, -0.05) is 41.9 Å². The van der Waals surface area contributed by atoms with Crippen LogP contribution in [0.3, 0.4) is 0 Å². The molecule has 2 aromatic carbocycles. The molecule has 0 unspecified atom stereocenters. The smallest absolute Gasteiger partial charge is 0.336 e. The molecule has 0 saturated heterocycles. The highest BCUT2D eigenvalue weighted by Gasteiger charge is 2.38. The number of hydrogen-bond acceptors (Lipinski definition) is 8. The van der Waals surface area contributed by atoms with Crippen LogP contribution in [0, 0.1) is 6.92 Å². The molecule has 36 heavy (non-hydrogen) atoms. The summed E-state index contributed by atoms with van der Waals surface area (Å²) < 4.78 is 10.2. The first-order valence-electron chi connectivity index (χ1n) is 11.2. The molecule has 1 aromatic heterocycles. The zero-order valence-corrected chi connectivity index (χ0v) is 22.1. The number of anilines is 2. The first-order chi connectivity index (χ1) is 17.2. The Morgan fingerprint density at radius 1 is 0.944 bits per heavy atom. The van der Waals surface area contributed by atoms with E-state index in [0.29, 0.717) is 38.4 Å². The van der Waals surface area contributed by atoms with Crippen LogP contribution >= 0.6 is 22.9 Å². The number of hydrogen-bond donors (Lipinski definition) is 2. The number of esters is 2. The predicted octanol–water partition coefficient (Wildman–Crippen LogP) is 6.10. The molecular formula is C27H26ClN3O4S. The molecule has 7 nitrogen and oxygen atoms in total. The minimum Gasteiger partial charge on any atom is -0.466 e. The second-order valence-electron chi connectivity index (χ2n) is 8.26. The van der Waals surface area contributed by atoms with Gasteiger partial charge in [-0.05, 0) is 44.5 Å². The fraction of sp³-hybridized carbons (Fsp3) is 0.222. The Hall–Kier alpha value is -3.62. The molecule has 2 heterocycles. The van der Waals surface area contributed by atoms with Crippen LogP contribution in [0.1, 0.15) is 30.2 Å². The van der Waals surface area contributed by atoms with Crippen molar-refractivity contribution in [2.45, 2.75) is 26.7 Å². The first-order valence-corrected chi connectivity index (χ1v) is 12.4. The number of dihydropyridines is 1. The van der Waals surface area contributed by atoms with Gasteiger partial charge in [-0.15, -0.1) is 11.3 Å². The topological polar surface area (TPSA) is 89.5 Å². The molecule has 0 spiro atoms. The lowest BCUT2D eigenvalue weighted by Gasteiger charge is -2.31. The summed E-state index contributed by atoms with van der Waals surface area (Å²) in [5.74, 6) is -1.75. The molecule has 4 rings (SSSR count). The van der Waals surface area contributed by atoms with Crippen molar-refractivity contribution in [1.29, 1.82) is 0 Å². The molecule has 0 fully saturated rings. The zero-order chi connectivity index (χ0) is 26.0. The van der Waals surface area contributed by atoms with Gasteiger partial charge >= 0.3 is 11.9 Å². The van der Waals surface area contributed by atoms with E-state index in [1.54, 1.807) is 13.8 Å². The van der Waals surface area contributed by atoms with Crippen LogP contribution in [0.5, 0.6) is 0 Å². The standard InChI is InChI=1S/C27H26ClN3O4S/c1-14-21(25(32)34-4)23(22(15(2)29-14)26(33)35-5)19-8-6-7-9-20(19)30-27-31-24(16(3)36-27)17-10-12-18(28)13-11-17/h6-13,23,29H,1-5H3,(H,30,31). The molecule has 0 aliphatic carbocycles. The highest BCUT2D eigenvalue weighted by molar-refractivity contribution is 7.16. The molecule has 0 atom stereocenters. The number of methoxy groups -OCH3 is 2. The van der Waals surface area contributed by atoms with Crippen molar-refractivity contribution in [1.82, 2.24) is 10.3 Å². The summed E-state index contributed by atoms with van der Waals surface area (Å²) in [4.78, 5) is 31.6. The quantitative estimate of drug-likeness (QED) is 0.377. The molecule has 0 bridgehead atoms. The van der Waals surface area contributed by atoms with Crippen LogP contribution in [0.15, 0.2) is 71.1 Å². The third-order valence-corrected chi connectivity index (χ3v) is 7.14. The van der Waals surface area contributed by atoms with Gasteiger partial charge in [0.05, 0.1) is 37.0 Å². The van der Waals surface area contributed by atoms with Crippen LogP contribution in [-0.4, -0.2) is 31.1 Å². The molecule has 1 aliphatic heterocycles. The number of rotatable bonds is 6. The molecule has 2 N–H and O–H groups in total. The molecule has 9 heteroatoms. The van der Waals surface area contributed by atoms with Crippen molar-refractivity contribution in [3.63, 3.8) is 0 Å². The van der Waals surface area contributed by atoms with E-state index >= 15 is 0 Å². The number of carbonyl (C=O) groups is 2. The van der Waals surface area contributed by atoms with Crippen molar-refractivity contribution in [2.24, 2.45) is 0 Å². The highest BCUT2D eigenvalue weighted by atomic mass is 35.5. The summed E-state index contributed by atoms with van der Waals surface area (Å²) in [6.45, 7) is 5.58. The van der Waals surface area contributed by atoms with Gasteiger partial charge in [0, 0.05) is 32.5 Å². The molecule has 186 valence electrons. The second kappa shape index (κ2) is 10.6. The van der Waals surface area contributed by atoms with E-state index in [9.17, 15) is 9.59 Å². The van der Waals surface area contributed by atoms with Gasteiger partial charge in [-0.2, -0.15) is 0 Å². The van der Waals surface area contributed by atoms with Crippen LogP contribution in [0.4, 0.5) is 10.8 Å². The van der Waals surface area contributed by atoms with E-state index < -0.39 is 17.9 Å². The first kappa shape index (κ1) is 25.5. The van der Waals surface area contributed by atoms with E-state index in [-0.39, 0.29) is 0 Å². The number of aryl methyl sites for hydroxylation is 1. The van der Waals surface area contributed by atoms with Crippen molar-refractivity contribution in [3.05, 3.63) is 86.5 Å². The summed E-state index contributed by atoms with van der Waals surface area (Å²) in [7, 11) is 2.65. The number of thiazole rings is 1. The van der Waals surface area contributed by atoms with Crippen LogP contribution in [-0.2, 0) is 19.1 Å². The van der Waals surface area contributed by atoms with Gasteiger partial charge < -0.3 is 20.1 Å². The van der Waals surface area contributed by atoms with Gasteiger partial charge in [0.25, 0.3) is 0 Å². The number of nitrogens with zero attached hydrogens (tertiary/aromatic N) is 1. The average molecular weight is 524 g/mol. The fourth-order valence-electron chi connectivity index (χ4n) is 4.37. The maximum atomic E-state index is 12.9. The van der Waals surface area contributed by atoms with Gasteiger partial charge in [0.2, 0.25) is 0 Å². The third kappa shape index (κ3) is 4.87. The van der Waals surface area contributed by atoms with E-state index in [1.807, 2.05) is 55.5 Å². The van der Waals surface area contributed by atoms with Gasteiger partial charge in [0.1, 0.15) is 0 Å². The maximum Gasteiger partial charge on any atom is 0.336 e. The summed E-state index contributed by atoms with van der Waals surface area (Å²) in [5.41, 5.74) is 5.17. The van der Waals surface area contributed by atoms with E-state index in [2.05, 4.69) is 10.6 Å². The molecule has 3 aromatic rings. The van der Waals surface area contributed by atoms with Crippen LogP contribution in [0.2, 0.25) is 5.02 Å².